The summed E-state index contributed by atoms with van der Waals surface area (Å²) in [7, 11) is 1.77. The van der Waals surface area contributed by atoms with E-state index >= 15 is 0 Å². The van der Waals surface area contributed by atoms with Crippen molar-refractivity contribution in [3.63, 3.8) is 0 Å². The summed E-state index contributed by atoms with van der Waals surface area (Å²) < 4.78 is 7.46. The van der Waals surface area contributed by atoms with E-state index in [1.165, 1.54) is 12.1 Å². The SMILES string of the molecule is Cn1nccc1-c1cc([N+](=O)[O-])ccc1OCc1ccccn1. The van der Waals surface area contributed by atoms with Gasteiger partial charge in [-0.05, 0) is 24.3 Å². The monoisotopic (exact) mass is 310 g/mol. The quantitative estimate of drug-likeness (QED) is 0.534. The van der Waals surface area contributed by atoms with Crippen molar-refractivity contribution in [2.75, 3.05) is 0 Å². The number of aryl methyl sites for hydroxylation is 1. The summed E-state index contributed by atoms with van der Waals surface area (Å²) in [6, 6.07) is 11.9. The third kappa shape index (κ3) is 3.18. The van der Waals surface area contributed by atoms with Gasteiger partial charge < -0.3 is 4.74 Å². The standard InChI is InChI=1S/C16H14N4O3/c1-19-15(7-9-18-19)14-10-13(20(21)22)5-6-16(14)23-11-12-4-2-3-8-17-12/h2-10H,11H2,1H3. The van der Waals surface area contributed by atoms with Gasteiger partial charge in [0, 0.05) is 37.1 Å². The summed E-state index contributed by atoms with van der Waals surface area (Å²) in [6.07, 6.45) is 3.33. The molecule has 3 aromatic rings. The highest BCUT2D eigenvalue weighted by Gasteiger charge is 2.16. The Kier molecular flexibility index (Phi) is 4.01. The van der Waals surface area contributed by atoms with Crippen LogP contribution in [-0.4, -0.2) is 19.7 Å². The zero-order chi connectivity index (χ0) is 16.2. The van der Waals surface area contributed by atoms with Crippen molar-refractivity contribution in [2.45, 2.75) is 6.61 Å². The molecule has 0 spiro atoms. The van der Waals surface area contributed by atoms with Crippen LogP contribution in [0.5, 0.6) is 5.75 Å². The molecular formula is C16H14N4O3. The number of hydrogen-bond acceptors (Lipinski definition) is 5. The van der Waals surface area contributed by atoms with Gasteiger partial charge in [-0.15, -0.1) is 0 Å². The molecule has 0 atom stereocenters. The van der Waals surface area contributed by atoms with Crippen LogP contribution < -0.4 is 4.74 Å². The van der Waals surface area contributed by atoms with Gasteiger partial charge >= 0.3 is 0 Å². The average Bonchev–Trinajstić information content (AvgIpc) is 2.99. The van der Waals surface area contributed by atoms with Crippen LogP contribution in [0.15, 0.2) is 54.9 Å². The number of pyridine rings is 1. The normalized spacial score (nSPS) is 10.5. The van der Waals surface area contributed by atoms with E-state index in [1.54, 1.807) is 36.3 Å². The van der Waals surface area contributed by atoms with E-state index in [-0.39, 0.29) is 12.3 Å². The number of non-ortho nitro benzene ring substituents is 1. The number of hydrogen-bond donors (Lipinski definition) is 0. The fourth-order valence-electron chi connectivity index (χ4n) is 2.23. The van der Waals surface area contributed by atoms with Crippen molar-refractivity contribution in [3.05, 3.63) is 70.7 Å². The molecule has 7 nitrogen and oxygen atoms in total. The lowest BCUT2D eigenvalue weighted by Gasteiger charge is -2.11. The number of nitro benzene ring substituents is 1. The summed E-state index contributed by atoms with van der Waals surface area (Å²) in [4.78, 5) is 14.8. The zero-order valence-electron chi connectivity index (χ0n) is 12.4. The first-order valence-electron chi connectivity index (χ1n) is 6.94. The van der Waals surface area contributed by atoms with Crippen molar-refractivity contribution in [1.29, 1.82) is 0 Å². The number of ether oxygens (including phenoxy) is 1. The Morgan fingerprint density at radius 1 is 1.22 bits per heavy atom. The summed E-state index contributed by atoms with van der Waals surface area (Å²) in [5, 5.41) is 15.1. The lowest BCUT2D eigenvalue weighted by Crippen LogP contribution is -2.01. The van der Waals surface area contributed by atoms with Gasteiger partial charge in [-0.25, -0.2) is 0 Å². The maximum atomic E-state index is 11.0. The molecule has 3 rings (SSSR count). The molecular weight excluding hydrogens is 296 g/mol. The lowest BCUT2D eigenvalue weighted by atomic mass is 10.1. The van der Waals surface area contributed by atoms with Gasteiger partial charge in [-0.3, -0.25) is 19.8 Å². The molecule has 0 fully saturated rings. The van der Waals surface area contributed by atoms with Gasteiger partial charge in [0.2, 0.25) is 0 Å². The van der Waals surface area contributed by atoms with Crippen LogP contribution in [-0.2, 0) is 13.7 Å². The molecule has 0 bridgehead atoms. The molecule has 1 aromatic carbocycles. The molecule has 116 valence electrons. The number of nitrogens with zero attached hydrogens (tertiary/aromatic N) is 4. The molecule has 0 aliphatic heterocycles. The topological polar surface area (TPSA) is 83.1 Å². The van der Waals surface area contributed by atoms with E-state index < -0.39 is 4.92 Å². The Labute approximate surface area is 132 Å². The van der Waals surface area contributed by atoms with Crippen LogP contribution in [0.4, 0.5) is 5.69 Å². The third-order valence-corrected chi connectivity index (χ3v) is 3.37. The molecule has 2 aromatic heterocycles. The van der Waals surface area contributed by atoms with Gasteiger partial charge in [0.05, 0.1) is 16.3 Å². The van der Waals surface area contributed by atoms with Crippen LogP contribution >= 0.6 is 0 Å². The second kappa shape index (κ2) is 6.27. The molecule has 0 radical (unpaired) electrons. The Balaban J connectivity index is 1.96. The number of rotatable bonds is 5. The minimum atomic E-state index is -0.428. The lowest BCUT2D eigenvalue weighted by molar-refractivity contribution is -0.384. The highest BCUT2D eigenvalue weighted by atomic mass is 16.6. The molecule has 7 heteroatoms. The Morgan fingerprint density at radius 3 is 2.74 bits per heavy atom. The molecule has 0 saturated heterocycles. The maximum absolute atomic E-state index is 11.0. The molecule has 23 heavy (non-hydrogen) atoms. The Hall–Kier alpha value is -3.22. The minimum absolute atomic E-state index is 0.00591. The average molecular weight is 310 g/mol. The van der Waals surface area contributed by atoms with Crippen molar-refractivity contribution in [1.82, 2.24) is 14.8 Å². The van der Waals surface area contributed by atoms with Gasteiger partial charge in [-0.1, -0.05) is 6.07 Å². The second-order valence-corrected chi connectivity index (χ2v) is 4.89. The van der Waals surface area contributed by atoms with E-state index in [0.717, 1.165) is 11.4 Å². The molecule has 2 heterocycles. The predicted octanol–water partition coefficient (Wildman–Crippen LogP) is 2.97. The van der Waals surface area contributed by atoms with Gasteiger partial charge in [-0.2, -0.15) is 5.10 Å². The van der Waals surface area contributed by atoms with Crippen molar-refractivity contribution >= 4 is 5.69 Å². The highest BCUT2D eigenvalue weighted by Crippen LogP contribution is 2.33. The van der Waals surface area contributed by atoms with Crippen LogP contribution in [0.1, 0.15) is 5.69 Å². The van der Waals surface area contributed by atoms with E-state index in [4.69, 9.17) is 4.74 Å². The summed E-state index contributed by atoms with van der Waals surface area (Å²) in [5.41, 5.74) is 2.15. The van der Waals surface area contributed by atoms with Crippen LogP contribution in [0, 0.1) is 10.1 Å². The Bertz CT molecular complexity index is 830. The van der Waals surface area contributed by atoms with Gasteiger partial charge in [0.1, 0.15) is 12.4 Å². The third-order valence-electron chi connectivity index (χ3n) is 3.37. The fourth-order valence-corrected chi connectivity index (χ4v) is 2.23. The summed E-state index contributed by atoms with van der Waals surface area (Å²) in [5.74, 6) is 0.546. The van der Waals surface area contributed by atoms with E-state index in [0.29, 0.717) is 11.3 Å². The predicted molar refractivity (Wildman–Crippen MR) is 83.9 cm³/mol. The Morgan fingerprint density at radius 2 is 2.09 bits per heavy atom. The molecule has 0 aliphatic carbocycles. The van der Waals surface area contributed by atoms with Crippen LogP contribution in [0.2, 0.25) is 0 Å². The number of nitro groups is 1. The van der Waals surface area contributed by atoms with Gasteiger partial charge in [0.25, 0.3) is 5.69 Å². The summed E-state index contributed by atoms with van der Waals surface area (Å²) in [6.45, 7) is 0.281. The van der Waals surface area contributed by atoms with Crippen LogP contribution in [0.25, 0.3) is 11.3 Å². The summed E-state index contributed by atoms with van der Waals surface area (Å²) >= 11 is 0. The van der Waals surface area contributed by atoms with Crippen molar-refractivity contribution in [3.8, 4) is 17.0 Å². The molecule has 0 amide bonds. The van der Waals surface area contributed by atoms with E-state index in [2.05, 4.69) is 10.1 Å². The fraction of sp³-hybridized carbons (Fsp3) is 0.125. The first-order chi connectivity index (χ1) is 11.1. The number of benzene rings is 1. The first kappa shape index (κ1) is 14.7. The second-order valence-electron chi connectivity index (χ2n) is 4.89. The van der Waals surface area contributed by atoms with Crippen LogP contribution in [0.3, 0.4) is 0 Å². The zero-order valence-corrected chi connectivity index (χ0v) is 12.4. The van der Waals surface area contributed by atoms with Gasteiger partial charge in [0.15, 0.2) is 0 Å². The smallest absolute Gasteiger partial charge is 0.270 e. The molecule has 0 aliphatic rings. The first-order valence-corrected chi connectivity index (χ1v) is 6.94. The van der Waals surface area contributed by atoms with E-state index in [1.807, 2.05) is 18.2 Å². The number of aromatic nitrogens is 3. The molecule has 0 N–H and O–H groups in total. The maximum Gasteiger partial charge on any atom is 0.270 e. The molecule has 0 saturated carbocycles. The minimum Gasteiger partial charge on any atom is -0.487 e. The molecule has 0 unspecified atom stereocenters. The van der Waals surface area contributed by atoms with Crippen molar-refractivity contribution < 1.29 is 9.66 Å². The van der Waals surface area contributed by atoms with E-state index in [9.17, 15) is 10.1 Å². The largest absolute Gasteiger partial charge is 0.487 e. The van der Waals surface area contributed by atoms with Crippen molar-refractivity contribution in [2.24, 2.45) is 7.05 Å². The highest BCUT2D eigenvalue weighted by molar-refractivity contribution is 5.70.